The van der Waals surface area contributed by atoms with Crippen LogP contribution in [-0.4, -0.2) is 61.1 Å². The Kier molecular flexibility index (Phi) is 5.95. The van der Waals surface area contributed by atoms with Crippen LogP contribution < -0.4 is 4.90 Å². The van der Waals surface area contributed by atoms with Crippen LogP contribution in [0.2, 0.25) is 0 Å². The Hall–Kier alpha value is -4.30. The molecule has 2 amide bonds. The first-order valence-corrected chi connectivity index (χ1v) is 12.2. The number of benzene rings is 1. The van der Waals surface area contributed by atoms with E-state index in [0.717, 1.165) is 4.90 Å². The Labute approximate surface area is 218 Å². The number of nitrogens with zero attached hydrogens (tertiary/aromatic N) is 6. The van der Waals surface area contributed by atoms with E-state index in [1.807, 2.05) is 11.0 Å². The van der Waals surface area contributed by atoms with Gasteiger partial charge in [-0.3, -0.25) is 4.79 Å². The van der Waals surface area contributed by atoms with Gasteiger partial charge < -0.3 is 14.7 Å². The lowest BCUT2D eigenvalue weighted by Crippen LogP contribution is -2.37. The van der Waals surface area contributed by atoms with Crippen molar-refractivity contribution in [1.29, 1.82) is 5.26 Å². The van der Waals surface area contributed by atoms with Crippen LogP contribution >= 0.6 is 0 Å². The van der Waals surface area contributed by atoms with Crippen LogP contribution in [0.3, 0.4) is 0 Å². The molecule has 2 aliphatic heterocycles. The van der Waals surface area contributed by atoms with Gasteiger partial charge in [-0.05, 0) is 52.3 Å². The number of rotatable bonds is 3. The summed E-state index contributed by atoms with van der Waals surface area (Å²) in [5.41, 5.74) is -0.798. The van der Waals surface area contributed by atoms with E-state index >= 15 is 0 Å². The van der Waals surface area contributed by atoms with Crippen molar-refractivity contribution in [2.75, 3.05) is 18.0 Å². The van der Waals surface area contributed by atoms with E-state index < -0.39 is 29.0 Å². The maximum absolute atomic E-state index is 15.0. The van der Waals surface area contributed by atoms with Gasteiger partial charge in [-0.2, -0.15) is 10.4 Å². The van der Waals surface area contributed by atoms with E-state index in [0.29, 0.717) is 25.3 Å². The lowest BCUT2D eigenvalue weighted by atomic mass is 10.0. The van der Waals surface area contributed by atoms with Gasteiger partial charge in [0.15, 0.2) is 5.82 Å². The first kappa shape index (κ1) is 25.4. The SMILES string of the molecule is CC1(O)CCN(c2ccn(-c3cc(-c4c(F)cccc4C#N)nc4c3C(=O)N(C(=O)OC(C)(C)C)C4)n2)C1. The first-order chi connectivity index (χ1) is 17.9. The standard InChI is InChI=1S/C27H27FN6O4/c1-26(2,3)38-25(36)33-14-19-23(24(33)35)20(12-18(30-19)22-16(13-29)6-5-7-17(22)28)34-10-8-21(31-34)32-11-9-27(4,37)15-32/h5-8,10,12,37H,9,11,14-15H2,1-4H3. The molecule has 1 unspecified atom stereocenters. The van der Waals surface area contributed by atoms with E-state index in [9.17, 15) is 24.3 Å². The van der Waals surface area contributed by atoms with Crippen LogP contribution in [0.5, 0.6) is 0 Å². The molecule has 38 heavy (non-hydrogen) atoms. The summed E-state index contributed by atoms with van der Waals surface area (Å²) in [6.45, 7) is 7.68. The van der Waals surface area contributed by atoms with Gasteiger partial charge in [0, 0.05) is 25.4 Å². The highest BCUT2D eigenvalue weighted by Crippen LogP contribution is 2.35. The van der Waals surface area contributed by atoms with Crippen molar-refractivity contribution in [3.63, 3.8) is 0 Å². The molecule has 1 saturated heterocycles. The minimum Gasteiger partial charge on any atom is -0.443 e. The second kappa shape index (κ2) is 8.92. The third kappa shape index (κ3) is 4.59. The highest BCUT2D eigenvalue weighted by Gasteiger charge is 2.39. The van der Waals surface area contributed by atoms with Crippen LogP contribution in [0.1, 0.15) is 55.7 Å². The summed E-state index contributed by atoms with van der Waals surface area (Å²) < 4.78 is 21.8. The second-order valence-corrected chi connectivity index (χ2v) is 10.8. The zero-order chi connectivity index (χ0) is 27.4. The van der Waals surface area contributed by atoms with E-state index in [4.69, 9.17) is 4.74 Å². The fraction of sp³-hybridized carbons (Fsp3) is 0.370. The highest BCUT2D eigenvalue weighted by molar-refractivity contribution is 6.08. The van der Waals surface area contributed by atoms with Gasteiger partial charge in [0.05, 0.1) is 52.0 Å². The molecule has 2 aromatic heterocycles. The van der Waals surface area contributed by atoms with E-state index in [1.54, 1.807) is 40.0 Å². The smallest absolute Gasteiger partial charge is 0.417 e. The molecule has 1 N–H and O–H groups in total. The number of anilines is 1. The minimum absolute atomic E-state index is 0.00909. The van der Waals surface area contributed by atoms with Crippen LogP contribution in [0, 0.1) is 17.1 Å². The van der Waals surface area contributed by atoms with Crippen molar-refractivity contribution >= 4 is 17.8 Å². The molecule has 10 nitrogen and oxygen atoms in total. The number of imide groups is 1. The number of aliphatic hydroxyl groups is 1. The molecule has 0 radical (unpaired) electrons. The molecule has 196 valence electrons. The number of aromatic nitrogens is 3. The summed E-state index contributed by atoms with van der Waals surface area (Å²) in [5, 5.41) is 24.6. The number of ether oxygens (including phenoxy) is 1. The topological polar surface area (TPSA) is 125 Å². The number of hydrogen-bond acceptors (Lipinski definition) is 8. The number of carbonyl (C=O) groups is 2. The normalized spacial score (nSPS) is 19.0. The fourth-order valence-electron chi connectivity index (χ4n) is 4.70. The van der Waals surface area contributed by atoms with Crippen LogP contribution in [0.15, 0.2) is 36.5 Å². The third-order valence-corrected chi connectivity index (χ3v) is 6.44. The predicted molar refractivity (Wildman–Crippen MR) is 135 cm³/mol. The van der Waals surface area contributed by atoms with Gasteiger partial charge in [-0.1, -0.05) is 6.07 Å². The van der Waals surface area contributed by atoms with Crippen molar-refractivity contribution < 1.29 is 23.8 Å². The number of nitriles is 1. The van der Waals surface area contributed by atoms with Gasteiger partial charge in [0.25, 0.3) is 5.91 Å². The summed E-state index contributed by atoms with van der Waals surface area (Å²) in [6, 6.07) is 9.38. The molecule has 4 heterocycles. The summed E-state index contributed by atoms with van der Waals surface area (Å²) >= 11 is 0. The Bertz CT molecular complexity index is 1500. The Morgan fingerprint density at radius 1 is 1.26 bits per heavy atom. The first-order valence-electron chi connectivity index (χ1n) is 12.2. The quantitative estimate of drug-likeness (QED) is 0.555. The monoisotopic (exact) mass is 518 g/mol. The molecule has 1 aromatic carbocycles. The van der Waals surface area contributed by atoms with Crippen molar-refractivity contribution in [3.05, 3.63) is 59.2 Å². The van der Waals surface area contributed by atoms with Crippen molar-refractivity contribution in [2.45, 2.75) is 51.9 Å². The third-order valence-electron chi connectivity index (χ3n) is 6.44. The molecular formula is C27H27FN6O4. The van der Waals surface area contributed by atoms with Gasteiger partial charge >= 0.3 is 6.09 Å². The molecule has 2 aliphatic rings. The Morgan fingerprint density at radius 2 is 2.03 bits per heavy atom. The zero-order valence-corrected chi connectivity index (χ0v) is 21.5. The fourth-order valence-corrected chi connectivity index (χ4v) is 4.70. The predicted octanol–water partition coefficient (Wildman–Crippen LogP) is 3.80. The molecule has 0 bridgehead atoms. The number of amides is 2. The summed E-state index contributed by atoms with van der Waals surface area (Å²) in [7, 11) is 0. The molecular weight excluding hydrogens is 491 g/mol. The molecule has 3 aromatic rings. The second-order valence-electron chi connectivity index (χ2n) is 10.8. The highest BCUT2D eigenvalue weighted by atomic mass is 19.1. The van der Waals surface area contributed by atoms with Gasteiger partial charge in [0.2, 0.25) is 0 Å². The molecule has 1 atom stereocenters. The van der Waals surface area contributed by atoms with E-state index in [1.165, 1.54) is 28.9 Å². The molecule has 11 heteroatoms. The van der Waals surface area contributed by atoms with Crippen LogP contribution in [-0.2, 0) is 11.3 Å². The van der Waals surface area contributed by atoms with Crippen molar-refractivity contribution in [1.82, 2.24) is 19.7 Å². The van der Waals surface area contributed by atoms with Crippen molar-refractivity contribution in [2.24, 2.45) is 0 Å². The average molecular weight is 519 g/mol. The lowest BCUT2D eigenvalue weighted by Gasteiger charge is -2.23. The molecule has 0 spiro atoms. The van der Waals surface area contributed by atoms with Gasteiger partial charge in [-0.25, -0.2) is 23.8 Å². The number of β-amino-alcohol motifs (C(OH)–C–C–N with tert-alkyl or cyclic N) is 1. The van der Waals surface area contributed by atoms with E-state index in [-0.39, 0.29) is 40.3 Å². The summed E-state index contributed by atoms with van der Waals surface area (Å²) in [4.78, 5) is 33.7. The van der Waals surface area contributed by atoms with Crippen LogP contribution in [0.4, 0.5) is 15.0 Å². The maximum atomic E-state index is 15.0. The Morgan fingerprint density at radius 3 is 2.68 bits per heavy atom. The molecule has 1 fully saturated rings. The van der Waals surface area contributed by atoms with E-state index in [2.05, 4.69) is 10.1 Å². The largest absolute Gasteiger partial charge is 0.443 e. The van der Waals surface area contributed by atoms with Gasteiger partial charge in [0.1, 0.15) is 11.4 Å². The van der Waals surface area contributed by atoms with Crippen molar-refractivity contribution in [3.8, 4) is 23.0 Å². The molecule has 0 aliphatic carbocycles. The average Bonchev–Trinajstić information content (AvgIpc) is 3.54. The van der Waals surface area contributed by atoms with Crippen LogP contribution in [0.25, 0.3) is 16.9 Å². The van der Waals surface area contributed by atoms with Gasteiger partial charge in [-0.15, -0.1) is 0 Å². The number of hydrogen-bond donors (Lipinski definition) is 1. The number of halogens is 1. The molecule has 5 rings (SSSR count). The minimum atomic E-state index is -0.836. The summed E-state index contributed by atoms with van der Waals surface area (Å²) in [5.74, 6) is -0.664. The number of pyridine rings is 1. The Balaban J connectivity index is 1.63. The zero-order valence-electron chi connectivity index (χ0n) is 21.5. The number of carbonyl (C=O) groups excluding carboxylic acids is 2. The number of fused-ring (bicyclic) bond motifs is 1. The summed E-state index contributed by atoms with van der Waals surface area (Å²) in [6.07, 6.45) is 1.41. The molecule has 0 saturated carbocycles. The lowest BCUT2D eigenvalue weighted by molar-refractivity contribution is 0.0247. The maximum Gasteiger partial charge on any atom is 0.417 e.